The van der Waals surface area contributed by atoms with Crippen molar-refractivity contribution in [2.45, 2.75) is 31.9 Å². The maximum atomic E-state index is 11.8. The fourth-order valence-corrected chi connectivity index (χ4v) is 2.19. The summed E-state index contributed by atoms with van der Waals surface area (Å²) in [6.45, 7) is 2.48. The maximum absolute atomic E-state index is 11.8. The number of aliphatic hydroxyl groups excluding tert-OH is 1. The molecule has 0 radical (unpaired) electrons. The van der Waals surface area contributed by atoms with E-state index in [4.69, 9.17) is 9.15 Å². The van der Waals surface area contributed by atoms with Crippen LogP contribution in [-0.2, 0) is 0 Å². The number of hydrogen-bond acceptors (Lipinski definition) is 5. The molecular weight excluding hydrogens is 270 g/mol. The van der Waals surface area contributed by atoms with E-state index in [1.807, 2.05) is 0 Å². The predicted octanol–water partition coefficient (Wildman–Crippen LogP) is 1.59. The number of ether oxygens (including phenoxy) is 1. The third-order valence-corrected chi connectivity index (χ3v) is 3.49. The van der Waals surface area contributed by atoms with Gasteiger partial charge in [-0.2, -0.15) is 0 Å². The average Bonchev–Trinajstić information content (AvgIpc) is 3.26. The van der Waals surface area contributed by atoms with Crippen molar-refractivity contribution in [2.24, 2.45) is 0 Å². The summed E-state index contributed by atoms with van der Waals surface area (Å²) in [6, 6.07) is 7.12. The van der Waals surface area contributed by atoms with Crippen LogP contribution in [0.1, 0.15) is 18.6 Å². The minimum absolute atomic E-state index is 0.0611. The topological polar surface area (TPSA) is 71.7 Å². The molecule has 1 fully saturated rings. The van der Waals surface area contributed by atoms with E-state index >= 15 is 0 Å². The Balaban J connectivity index is 1.65. The van der Waals surface area contributed by atoms with Crippen LogP contribution in [0.25, 0.3) is 11.0 Å². The predicted molar refractivity (Wildman–Crippen MR) is 79.7 cm³/mol. The summed E-state index contributed by atoms with van der Waals surface area (Å²) < 4.78 is 11.1. The minimum Gasteiger partial charge on any atom is -0.491 e. The Morgan fingerprint density at radius 1 is 1.43 bits per heavy atom. The standard InChI is InChI=1S/C16H19NO4/c1-10-6-15(19)14-5-4-13(7-16(14)21-10)20-9-12(18)8-17-11-2-3-11/h4-7,11-12,17-18H,2-3,8-9H2,1H3. The third-order valence-electron chi connectivity index (χ3n) is 3.49. The summed E-state index contributed by atoms with van der Waals surface area (Å²) >= 11 is 0. The molecule has 5 heteroatoms. The van der Waals surface area contributed by atoms with E-state index in [0.717, 1.165) is 0 Å². The van der Waals surface area contributed by atoms with Gasteiger partial charge in [-0.1, -0.05) is 0 Å². The monoisotopic (exact) mass is 289 g/mol. The van der Waals surface area contributed by atoms with Crippen molar-refractivity contribution in [3.05, 3.63) is 40.2 Å². The van der Waals surface area contributed by atoms with Gasteiger partial charge in [-0.15, -0.1) is 0 Å². The molecule has 0 spiro atoms. The number of hydrogen-bond donors (Lipinski definition) is 2. The largest absolute Gasteiger partial charge is 0.491 e. The third kappa shape index (κ3) is 3.62. The Bertz CT molecular complexity index is 690. The van der Waals surface area contributed by atoms with E-state index in [9.17, 15) is 9.90 Å². The molecule has 0 saturated heterocycles. The molecule has 1 saturated carbocycles. The second kappa shape index (κ2) is 5.87. The summed E-state index contributed by atoms with van der Waals surface area (Å²) in [5.74, 6) is 1.15. The first-order valence-corrected chi connectivity index (χ1v) is 7.20. The van der Waals surface area contributed by atoms with Crippen LogP contribution in [0.15, 0.2) is 33.5 Å². The molecule has 1 atom stereocenters. The SMILES string of the molecule is Cc1cc(=O)c2ccc(OCC(O)CNC3CC3)cc2o1. The zero-order valence-corrected chi connectivity index (χ0v) is 12.0. The van der Waals surface area contributed by atoms with Gasteiger partial charge in [-0.05, 0) is 31.9 Å². The lowest BCUT2D eigenvalue weighted by molar-refractivity contribution is 0.106. The van der Waals surface area contributed by atoms with Crippen LogP contribution in [0.5, 0.6) is 5.75 Å². The molecule has 1 aliphatic carbocycles. The fraction of sp³-hybridized carbons (Fsp3) is 0.438. The highest BCUT2D eigenvalue weighted by Gasteiger charge is 2.21. The van der Waals surface area contributed by atoms with Crippen molar-refractivity contribution in [2.75, 3.05) is 13.2 Å². The molecule has 0 amide bonds. The van der Waals surface area contributed by atoms with Gasteiger partial charge < -0.3 is 19.6 Å². The molecule has 0 bridgehead atoms. The molecule has 2 aromatic rings. The summed E-state index contributed by atoms with van der Waals surface area (Å²) in [7, 11) is 0. The Morgan fingerprint density at radius 3 is 3.00 bits per heavy atom. The van der Waals surface area contributed by atoms with Crippen LogP contribution in [0, 0.1) is 6.92 Å². The molecule has 112 valence electrons. The van der Waals surface area contributed by atoms with Gasteiger partial charge in [0.1, 0.15) is 29.8 Å². The van der Waals surface area contributed by atoms with Crippen LogP contribution in [0.3, 0.4) is 0 Å². The summed E-state index contributed by atoms with van der Waals surface area (Å²) in [6.07, 6.45) is 1.83. The number of nitrogens with one attached hydrogen (secondary N) is 1. The Labute approximate surface area is 122 Å². The van der Waals surface area contributed by atoms with Gasteiger partial charge in [-0.25, -0.2) is 0 Å². The zero-order chi connectivity index (χ0) is 14.8. The van der Waals surface area contributed by atoms with E-state index in [1.165, 1.54) is 18.9 Å². The molecule has 2 N–H and O–H groups in total. The number of aryl methyl sites for hydroxylation is 1. The highest BCUT2D eigenvalue weighted by Crippen LogP contribution is 2.20. The van der Waals surface area contributed by atoms with Crippen molar-refractivity contribution >= 4 is 11.0 Å². The van der Waals surface area contributed by atoms with Crippen LogP contribution < -0.4 is 15.5 Å². The van der Waals surface area contributed by atoms with Gasteiger partial charge in [0.2, 0.25) is 0 Å². The van der Waals surface area contributed by atoms with Crippen molar-refractivity contribution in [1.82, 2.24) is 5.32 Å². The quantitative estimate of drug-likeness (QED) is 0.845. The maximum Gasteiger partial charge on any atom is 0.192 e. The average molecular weight is 289 g/mol. The molecule has 1 aromatic carbocycles. The fourth-order valence-electron chi connectivity index (χ4n) is 2.19. The molecule has 21 heavy (non-hydrogen) atoms. The lowest BCUT2D eigenvalue weighted by Gasteiger charge is -2.13. The van der Waals surface area contributed by atoms with Crippen molar-refractivity contribution in [3.8, 4) is 5.75 Å². The van der Waals surface area contributed by atoms with E-state index < -0.39 is 6.10 Å². The van der Waals surface area contributed by atoms with Gasteiger partial charge in [0.25, 0.3) is 0 Å². The Morgan fingerprint density at radius 2 is 2.24 bits per heavy atom. The van der Waals surface area contributed by atoms with E-state index in [0.29, 0.717) is 35.1 Å². The van der Waals surface area contributed by atoms with Gasteiger partial charge in [0.15, 0.2) is 5.43 Å². The van der Waals surface area contributed by atoms with Crippen LogP contribution >= 0.6 is 0 Å². The minimum atomic E-state index is -0.550. The first-order valence-electron chi connectivity index (χ1n) is 7.20. The van der Waals surface area contributed by atoms with Crippen LogP contribution in [0.4, 0.5) is 0 Å². The lowest BCUT2D eigenvalue weighted by Crippen LogP contribution is -2.32. The van der Waals surface area contributed by atoms with Crippen molar-refractivity contribution < 1.29 is 14.3 Å². The molecule has 5 nitrogen and oxygen atoms in total. The Hall–Kier alpha value is -1.85. The number of rotatable bonds is 6. The van der Waals surface area contributed by atoms with Gasteiger partial charge in [-0.3, -0.25) is 4.79 Å². The second-order valence-electron chi connectivity index (χ2n) is 5.53. The van der Waals surface area contributed by atoms with E-state index in [-0.39, 0.29) is 12.0 Å². The smallest absolute Gasteiger partial charge is 0.192 e. The van der Waals surface area contributed by atoms with Crippen LogP contribution in [-0.4, -0.2) is 30.4 Å². The first-order chi connectivity index (χ1) is 10.1. The zero-order valence-electron chi connectivity index (χ0n) is 12.0. The number of fused-ring (bicyclic) bond motifs is 1. The lowest BCUT2D eigenvalue weighted by atomic mass is 10.2. The van der Waals surface area contributed by atoms with Crippen molar-refractivity contribution in [3.63, 3.8) is 0 Å². The van der Waals surface area contributed by atoms with Crippen LogP contribution in [0.2, 0.25) is 0 Å². The number of aliphatic hydroxyl groups is 1. The van der Waals surface area contributed by atoms with Gasteiger partial charge in [0, 0.05) is 24.7 Å². The molecule has 1 heterocycles. The summed E-state index contributed by atoms with van der Waals surface area (Å²) in [5.41, 5.74) is 0.442. The molecule has 3 rings (SSSR count). The Kier molecular flexibility index (Phi) is 3.94. The summed E-state index contributed by atoms with van der Waals surface area (Å²) in [5, 5.41) is 13.6. The van der Waals surface area contributed by atoms with Gasteiger partial charge >= 0.3 is 0 Å². The van der Waals surface area contributed by atoms with E-state index in [2.05, 4.69) is 5.32 Å². The highest BCUT2D eigenvalue weighted by atomic mass is 16.5. The second-order valence-corrected chi connectivity index (χ2v) is 5.53. The molecule has 1 unspecified atom stereocenters. The van der Waals surface area contributed by atoms with Gasteiger partial charge in [0.05, 0.1) is 5.39 Å². The van der Waals surface area contributed by atoms with Crippen molar-refractivity contribution in [1.29, 1.82) is 0 Å². The molecular formula is C16H19NO4. The highest BCUT2D eigenvalue weighted by molar-refractivity contribution is 5.77. The first kappa shape index (κ1) is 14.1. The molecule has 1 aliphatic rings. The number of benzene rings is 1. The van der Waals surface area contributed by atoms with E-state index in [1.54, 1.807) is 25.1 Å². The molecule has 1 aromatic heterocycles. The summed E-state index contributed by atoms with van der Waals surface area (Å²) in [4.78, 5) is 11.8. The normalized spacial score (nSPS) is 16.1. The molecule has 0 aliphatic heterocycles.